The maximum absolute atomic E-state index is 13.2. The third kappa shape index (κ3) is 9.03. The molecule has 0 spiro atoms. The van der Waals surface area contributed by atoms with E-state index in [-0.39, 0.29) is 22.8 Å². The maximum atomic E-state index is 13.2. The van der Waals surface area contributed by atoms with Crippen LogP contribution in [0, 0.1) is 10.1 Å². The molecule has 4 rings (SSSR count). The Morgan fingerprint density at radius 2 is 1.50 bits per heavy atom. The number of nitro benzene ring substituents is 1. The Morgan fingerprint density at radius 3 is 2.14 bits per heavy atom. The molecule has 3 amide bonds. The molecule has 0 saturated carbocycles. The highest BCUT2D eigenvalue weighted by Crippen LogP contribution is 2.31. The highest BCUT2D eigenvalue weighted by molar-refractivity contribution is 8.00. The molecule has 4 aromatic rings. The Kier molecular flexibility index (Phi) is 10.1. The number of alkyl halides is 3. The summed E-state index contributed by atoms with van der Waals surface area (Å²) >= 11 is 1.14. The van der Waals surface area contributed by atoms with Crippen LogP contribution in [-0.2, 0) is 15.8 Å². The number of nitrogens with zero attached hydrogens (tertiary/aromatic N) is 1. The summed E-state index contributed by atoms with van der Waals surface area (Å²) in [4.78, 5) is 49.3. The molecule has 0 aliphatic rings. The normalized spacial score (nSPS) is 11.4. The zero-order valence-electron chi connectivity index (χ0n) is 22.6. The van der Waals surface area contributed by atoms with Gasteiger partial charge in [0.25, 0.3) is 17.5 Å². The molecular formula is C31H23F3N4O5S. The molecule has 0 fully saturated rings. The van der Waals surface area contributed by atoms with Crippen molar-refractivity contribution in [1.29, 1.82) is 0 Å². The fraction of sp³-hybridized carbons (Fsp3) is 0.0645. The minimum absolute atomic E-state index is 0.0282. The molecular weight excluding hydrogens is 597 g/mol. The average Bonchev–Trinajstić information content (AvgIpc) is 3.00. The Balaban J connectivity index is 1.40. The number of nitrogens with one attached hydrogen (secondary N) is 3. The van der Waals surface area contributed by atoms with Crippen LogP contribution in [0.1, 0.15) is 21.5 Å². The summed E-state index contributed by atoms with van der Waals surface area (Å²) in [6.45, 7) is 0. The van der Waals surface area contributed by atoms with Crippen LogP contribution in [-0.4, -0.2) is 28.4 Å². The van der Waals surface area contributed by atoms with E-state index in [1.54, 1.807) is 54.6 Å². The summed E-state index contributed by atoms with van der Waals surface area (Å²) in [5, 5.41) is 18.7. The molecule has 0 aliphatic heterocycles. The number of hydrogen-bond acceptors (Lipinski definition) is 6. The molecule has 0 heterocycles. The number of non-ortho nitro benzene ring substituents is 1. The number of anilines is 2. The molecule has 0 saturated heterocycles. The van der Waals surface area contributed by atoms with Crippen molar-refractivity contribution < 1.29 is 32.5 Å². The topological polar surface area (TPSA) is 130 Å². The fourth-order valence-corrected chi connectivity index (χ4v) is 4.45. The second kappa shape index (κ2) is 14.2. The first kappa shape index (κ1) is 31.5. The number of benzene rings is 4. The quantitative estimate of drug-likeness (QED) is 0.0778. The van der Waals surface area contributed by atoms with Crippen molar-refractivity contribution in [2.24, 2.45) is 0 Å². The lowest BCUT2D eigenvalue weighted by atomic mass is 10.1. The molecule has 0 aromatic heterocycles. The lowest BCUT2D eigenvalue weighted by molar-refractivity contribution is -0.384. The zero-order valence-corrected chi connectivity index (χ0v) is 23.4. The van der Waals surface area contributed by atoms with Crippen LogP contribution in [0.15, 0.2) is 114 Å². The Morgan fingerprint density at radius 1 is 0.818 bits per heavy atom. The van der Waals surface area contributed by atoms with E-state index in [0.29, 0.717) is 21.7 Å². The van der Waals surface area contributed by atoms with Gasteiger partial charge in [-0.3, -0.25) is 24.5 Å². The van der Waals surface area contributed by atoms with Crippen molar-refractivity contribution in [3.63, 3.8) is 0 Å². The first-order valence-electron chi connectivity index (χ1n) is 12.8. The van der Waals surface area contributed by atoms with Crippen LogP contribution in [0.4, 0.5) is 30.2 Å². The average molecular weight is 621 g/mol. The van der Waals surface area contributed by atoms with Gasteiger partial charge in [-0.15, -0.1) is 11.8 Å². The van der Waals surface area contributed by atoms with Gasteiger partial charge in [-0.1, -0.05) is 24.3 Å². The Bertz CT molecular complexity index is 1690. The number of nitro groups is 1. The molecule has 44 heavy (non-hydrogen) atoms. The van der Waals surface area contributed by atoms with Crippen LogP contribution in [0.2, 0.25) is 0 Å². The standard InChI is InChI=1S/C31H23F3N4O5S/c32-31(33,34)22-7-4-8-24(18-22)35-28(39)19-44-26-15-11-23(12-16-26)36-30(41)27(37-29(40)21-5-2-1-3-6-21)17-20-9-13-25(14-10-20)38(42)43/h1-18H,19H2,(H,35,39)(H,36,41)(H,37,40)/b27-17-. The summed E-state index contributed by atoms with van der Waals surface area (Å²) in [5.41, 5.74) is 0.0327. The van der Waals surface area contributed by atoms with E-state index < -0.39 is 34.4 Å². The molecule has 0 atom stereocenters. The number of carbonyl (C=O) groups is 3. The summed E-state index contributed by atoms with van der Waals surface area (Å²) in [7, 11) is 0. The molecule has 0 bridgehead atoms. The molecule has 4 aromatic carbocycles. The van der Waals surface area contributed by atoms with Gasteiger partial charge in [0.1, 0.15) is 5.70 Å². The van der Waals surface area contributed by atoms with Crippen molar-refractivity contribution in [3.8, 4) is 0 Å². The van der Waals surface area contributed by atoms with Gasteiger partial charge in [0.05, 0.1) is 16.2 Å². The molecule has 9 nitrogen and oxygen atoms in total. The second-order valence-electron chi connectivity index (χ2n) is 9.12. The van der Waals surface area contributed by atoms with Crippen molar-refractivity contribution in [1.82, 2.24) is 5.32 Å². The van der Waals surface area contributed by atoms with Gasteiger partial charge < -0.3 is 16.0 Å². The molecule has 3 N–H and O–H groups in total. The number of amides is 3. The minimum Gasteiger partial charge on any atom is -0.325 e. The van der Waals surface area contributed by atoms with Crippen molar-refractivity contribution in [2.45, 2.75) is 11.1 Å². The maximum Gasteiger partial charge on any atom is 0.416 e. The van der Waals surface area contributed by atoms with Gasteiger partial charge in [0.2, 0.25) is 5.91 Å². The number of hydrogen-bond donors (Lipinski definition) is 3. The van der Waals surface area contributed by atoms with Gasteiger partial charge in [-0.05, 0) is 78.4 Å². The highest BCUT2D eigenvalue weighted by Gasteiger charge is 2.30. The molecule has 0 radical (unpaired) electrons. The summed E-state index contributed by atoms with van der Waals surface area (Å²) in [6.07, 6.45) is -3.14. The third-order valence-corrected chi connectivity index (χ3v) is 6.91. The Labute approximate surface area is 253 Å². The van der Waals surface area contributed by atoms with Gasteiger partial charge >= 0.3 is 6.18 Å². The van der Waals surface area contributed by atoms with E-state index in [0.717, 1.165) is 23.9 Å². The summed E-state index contributed by atoms with van der Waals surface area (Å²) in [6, 6.07) is 24.4. The summed E-state index contributed by atoms with van der Waals surface area (Å²) in [5.74, 6) is -1.77. The van der Waals surface area contributed by atoms with Crippen LogP contribution in [0.5, 0.6) is 0 Å². The van der Waals surface area contributed by atoms with Crippen molar-refractivity contribution in [3.05, 3.63) is 136 Å². The van der Waals surface area contributed by atoms with E-state index in [2.05, 4.69) is 16.0 Å². The fourth-order valence-electron chi connectivity index (χ4n) is 3.75. The minimum atomic E-state index is -4.53. The van der Waals surface area contributed by atoms with Crippen LogP contribution < -0.4 is 16.0 Å². The highest BCUT2D eigenvalue weighted by atomic mass is 32.2. The van der Waals surface area contributed by atoms with E-state index in [4.69, 9.17) is 0 Å². The number of thioether (sulfide) groups is 1. The number of halogens is 3. The predicted octanol–water partition coefficient (Wildman–Crippen LogP) is 6.75. The largest absolute Gasteiger partial charge is 0.416 e. The molecule has 13 heteroatoms. The number of carbonyl (C=O) groups excluding carboxylic acids is 3. The van der Waals surface area contributed by atoms with E-state index in [9.17, 15) is 37.7 Å². The van der Waals surface area contributed by atoms with Crippen molar-refractivity contribution >= 4 is 52.6 Å². The molecule has 224 valence electrons. The third-order valence-electron chi connectivity index (χ3n) is 5.90. The lowest BCUT2D eigenvalue weighted by Crippen LogP contribution is -2.30. The second-order valence-corrected chi connectivity index (χ2v) is 10.2. The van der Waals surface area contributed by atoms with Crippen molar-refractivity contribution in [2.75, 3.05) is 16.4 Å². The zero-order chi connectivity index (χ0) is 31.7. The number of rotatable bonds is 10. The lowest BCUT2D eigenvalue weighted by Gasteiger charge is -2.12. The van der Waals surface area contributed by atoms with Gasteiger partial charge in [0.15, 0.2) is 0 Å². The SMILES string of the molecule is O=C(CSc1ccc(NC(=O)/C(=C/c2ccc([N+](=O)[O-])cc2)NC(=O)c2ccccc2)cc1)Nc1cccc(C(F)(F)F)c1. The Hall–Kier alpha value is -5.43. The van der Waals surface area contributed by atoms with Gasteiger partial charge in [-0.2, -0.15) is 13.2 Å². The van der Waals surface area contributed by atoms with E-state index >= 15 is 0 Å². The van der Waals surface area contributed by atoms with E-state index in [1.807, 2.05) is 0 Å². The molecule has 0 aliphatic carbocycles. The van der Waals surface area contributed by atoms with Crippen LogP contribution in [0.25, 0.3) is 6.08 Å². The monoisotopic (exact) mass is 620 g/mol. The van der Waals surface area contributed by atoms with Crippen LogP contribution in [0.3, 0.4) is 0 Å². The van der Waals surface area contributed by atoms with Gasteiger partial charge in [-0.25, -0.2) is 0 Å². The van der Waals surface area contributed by atoms with Crippen LogP contribution >= 0.6 is 11.8 Å². The predicted molar refractivity (Wildman–Crippen MR) is 161 cm³/mol. The molecule has 0 unspecified atom stereocenters. The first-order chi connectivity index (χ1) is 21.0. The van der Waals surface area contributed by atoms with Gasteiger partial charge in [0, 0.05) is 34.0 Å². The summed E-state index contributed by atoms with van der Waals surface area (Å²) < 4.78 is 38.7. The first-order valence-corrected chi connectivity index (χ1v) is 13.8. The smallest absolute Gasteiger partial charge is 0.325 e. The van der Waals surface area contributed by atoms with E-state index in [1.165, 1.54) is 42.5 Å².